The highest BCUT2D eigenvalue weighted by Crippen LogP contribution is 2.14. The van der Waals surface area contributed by atoms with Gasteiger partial charge in [0.05, 0.1) is 12.2 Å². The van der Waals surface area contributed by atoms with Gasteiger partial charge in [-0.15, -0.1) is 0 Å². The van der Waals surface area contributed by atoms with Crippen molar-refractivity contribution >= 4 is 11.8 Å². The molecule has 6 nitrogen and oxygen atoms in total. The van der Waals surface area contributed by atoms with E-state index in [1.165, 1.54) is 5.56 Å². The van der Waals surface area contributed by atoms with Crippen LogP contribution in [0.1, 0.15) is 45.7 Å². The average Bonchev–Trinajstić information content (AvgIpc) is 3.15. The first-order valence-corrected chi connectivity index (χ1v) is 11.7. The van der Waals surface area contributed by atoms with Crippen molar-refractivity contribution in [2.45, 2.75) is 39.7 Å². The van der Waals surface area contributed by atoms with Crippen LogP contribution in [0.4, 0.5) is 0 Å². The summed E-state index contributed by atoms with van der Waals surface area (Å²) in [5, 5.41) is 4.52. The molecule has 1 aliphatic rings. The molecular formula is C27H32N4O2. The summed E-state index contributed by atoms with van der Waals surface area (Å²) >= 11 is 0. The predicted octanol–water partition coefficient (Wildman–Crippen LogP) is 3.86. The number of aryl methyl sites for hydroxylation is 3. The summed E-state index contributed by atoms with van der Waals surface area (Å²) in [5.41, 5.74) is 5.11. The second-order valence-electron chi connectivity index (χ2n) is 8.80. The minimum absolute atomic E-state index is 0.0291. The lowest BCUT2D eigenvalue weighted by Crippen LogP contribution is -2.50. The van der Waals surface area contributed by atoms with Crippen molar-refractivity contribution in [1.82, 2.24) is 19.6 Å². The highest BCUT2D eigenvalue weighted by molar-refractivity contribution is 5.94. The van der Waals surface area contributed by atoms with Crippen LogP contribution >= 0.6 is 0 Å². The van der Waals surface area contributed by atoms with Gasteiger partial charge in [0, 0.05) is 43.9 Å². The zero-order chi connectivity index (χ0) is 23.2. The fourth-order valence-electron chi connectivity index (χ4n) is 4.40. The molecule has 1 fully saturated rings. The topological polar surface area (TPSA) is 58.4 Å². The number of hydrogen-bond donors (Lipinski definition) is 0. The van der Waals surface area contributed by atoms with E-state index in [1.54, 1.807) is 0 Å². The lowest BCUT2D eigenvalue weighted by atomic mass is 10.1. The number of carbonyl (C=O) groups is 2. The van der Waals surface area contributed by atoms with Gasteiger partial charge in [0.25, 0.3) is 5.91 Å². The van der Waals surface area contributed by atoms with Crippen molar-refractivity contribution in [2.24, 2.45) is 0 Å². The number of aromatic nitrogens is 2. The number of amides is 2. The van der Waals surface area contributed by atoms with Crippen molar-refractivity contribution in [3.05, 3.63) is 88.7 Å². The third-order valence-corrected chi connectivity index (χ3v) is 6.23. The second-order valence-corrected chi connectivity index (χ2v) is 8.80. The lowest BCUT2D eigenvalue weighted by Gasteiger charge is -2.35. The van der Waals surface area contributed by atoms with Crippen molar-refractivity contribution < 1.29 is 9.59 Å². The van der Waals surface area contributed by atoms with Crippen LogP contribution in [0, 0.1) is 13.8 Å². The Bertz CT molecular complexity index is 1100. The molecule has 6 heteroatoms. The van der Waals surface area contributed by atoms with Crippen LogP contribution in [0.15, 0.2) is 60.7 Å². The molecule has 2 aromatic carbocycles. The van der Waals surface area contributed by atoms with Crippen molar-refractivity contribution in [3.8, 4) is 0 Å². The number of nitrogens with zero attached hydrogens (tertiary/aromatic N) is 4. The molecular weight excluding hydrogens is 412 g/mol. The van der Waals surface area contributed by atoms with E-state index >= 15 is 0 Å². The molecule has 0 unspecified atom stereocenters. The van der Waals surface area contributed by atoms with E-state index in [4.69, 9.17) is 0 Å². The van der Waals surface area contributed by atoms with Gasteiger partial charge in [-0.1, -0.05) is 42.5 Å². The monoisotopic (exact) mass is 444 g/mol. The quantitative estimate of drug-likeness (QED) is 0.556. The molecule has 0 atom stereocenters. The van der Waals surface area contributed by atoms with Crippen LogP contribution in [-0.2, 0) is 17.8 Å². The summed E-state index contributed by atoms with van der Waals surface area (Å²) in [7, 11) is 0. The molecule has 2 heterocycles. The minimum atomic E-state index is 0.0291. The Kier molecular flexibility index (Phi) is 7.23. The maximum absolute atomic E-state index is 13.1. The molecule has 0 spiro atoms. The Balaban J connectivity index is 1.27. The van der Waals surface area contributed by atoms with Gasteiger partial charge in [-0.2, -0.15) is 5.10 Å². The molecule has 1 aliphatic heterocycles. The summed E-state index contributed by atoms with van der Waals surface area (Å²) in [6.07, 6.45) is 2.32. The Labute approximate surface area is 195 Å². The fraction of sp³-hybridized carbons (Fsp3) is 0.370. The molecule has 0 saturated carbocycles. The van der Waals surface area contributed by atoms with E-state index < -0.39 is 0 Å². The minimum Gasteiger partial charge on any atom is -0.339 e. The van der Waals surface area contributed by atoms with Gasteiger partial charge < -0.3 is 9.80 Å². The smallest absolute Gasteiger partial charge is 0.253 e. The van der Waals surface area contributed by atoms with E-state index in [9.17, 15) is 9.59 Å². The molecule has 0 radical (unpaired) electrons. The first-order chi connectivity index (χ1) is 16.0. The van der Waals surface area contributed by atoms with E-state index in [-0.39, 0.29) is 11.8 Å². The highest BCUT2D eigenvalue weighted by atomic mass is 16.2. The molecule has 172 valence electrons. The Morgan fingerprint density at radius 1 is 0.848 bits per heavy atom. The highest BCUT2D eigenvalue weighted by Gasteiger charge is 2.24. The van der Waals surface area contributed by atoms with Crippen LogP contribution in [0.25, 0.3) is 0 Å². The van der Waals surface area contributed by atoms with E-state index in [1.807, 2.05) is 70.8 Å². The van der Waals surface area contributed by atoms with Crippen molar-refractivity contribution in [2.75, 3.05) is 26.2 Å². The largest absolute Gasteiger partial charge is 0.339 e. The number of piperazine rings is 1. The number of carbonyl (C=O) groups excluding carboxylic acids is 2. The first-order valence-electron chi connectivity index (χ1n) is 11.7. The van der Waals surface area contributed by atoms with E-state index in [0.717, 1.165) is 29.8 Å². The molecule has 0 aliphatic carbocycles. The normalized spacial score (nSPS) is 13.9. The van der Waals surface area contributed by atoms with Crippen LogP contribution < -0.4 is 0 Å². The van der Waals surface area contributed by atoms with Gasteiger partial charge >= 0.3 is 0 Å². The summed E-state index contributed by atoms with van der Waals surface area (Å²) in [6, 6.07) is 20.1. The van der Waals surface area contributed by atoms with Gasteiger partial charge in [-0.25, -0.2) is 0 Å². The molecule has 33 heavy (non-hydrogen) atoms. The third-order valence-electron chi connectivity index (χ3n) is 6.23. The van der Waals surface area contributed by atoms with Gasteiger partial charge in [-0.3, -0.25) is 14.3 Å². The van der Waals surface area contributed by atoms with Crippen molar-refractivity contribution in [1.29, 1.82) is 0 Å². The maximum Gasteiger partial charge on any atom is 0.253 e. The average molecular weight is 445 g/mol. The first kappa shape index (κ1) is 22.8. The molecule has 1 saturated heterocycles. The standard InChI is InChI=1S/C27H32N4O2/c1-21-18-22(2)31(28-21)20-24-11-6-12-25(19-24)27(33)30-16-14-29(15-17-30)26(32)13-7-10-23-8-4-3-5-9-23/h3-6,8-9,11-12,18-19H,7,10,13-17,20H2,1-2H3. The molecule has 0 bridgehead atoms. The second kappa shape index (κ2) is 10.5. The number of rotatable bonds is 7. The summed E-state index contributed by atoms with van der Waals surface area (Å²) in [6.45, 7) is 7.01. The van der Waals surface area contributed by atoms with E-state index in [0.29, 0.717) is 44.7 Å². The fourth-order valence-corrected chi connectivity index (χ4v) is 4.40. The molecule has 0 N–H and O–H groups in total. The predicted molar refractivity (Wildman–Crippen MR) is 129 cm³/mol. The SMILES string of the molecule is Cc1cc(C)n(Cc2cccc(C(=O)N3CCN(C(=O)CCCc4ccccc4)CC3)c2)n1. The third kappa shape index (κ3) is 5.89. The van der Waals surface area contributed by atoms with Crippen LogP contribution in [-0.4, -0.2) is 57.6 Å². The van der Waals surface area contributed by atoms with Crippen LogP contribution in [0.2, 0.25) is 0 Å². The summed E-state index contributed by atoms with van der Waals surface area (Å²) in [5.74, 6) is 0.214. The Morgan fingerprint density at radius 3 is 2.24 bits per heavy atom. The molecule has 1 aromatic heterocycles. The molecule has 4 rings (SSSR count). The zero-order valence-electron chi connectivity index (χ0n) is 19.5. The van der Waals surface area contributed by atoms with E-state index in [2.05, 4.69) is 23.3 Å². The summed E-state index contributed by atoms with van der Waals surface area (Å²) in [4.78, 5) is 29.4. The number of hydrogen-bond acceptors (Lipinski definition) is 3. The van der Waals surface area contributed by atoms with Crippen molar-refractivity contribution in [3.63, 3.8) is 0 Å². The Hall–Kier alpha value is -3.41. The maximum atomic E-state index is 13.1. The van der Waals surface area contributed by atoms with Crippen LogP contribution in [0.5, 0.6) is 0 Å². The molecule has 3 aromatic rings. The molecule has 2 amide bonds. The Morgan fingerprint density at radius 2 is 1.55 bits per heavy atom. The summed E-state index contributed by atoms with van der Waals surface area (Å²) < 4.78 is 1.96. The van der Waals surface area contributed by atoms with Crippen LogP contribution in [0.3, 0.4) is 0 Å². The zero-order valence-corrected chi connectivity index (χ0v) is 19.5. The van der Waals surface area contributed by atoms with Gasteiger partial charge in [-0.05, 0) is 56.0 Å². The van der Waals surface area contributed by atoms with Gasteiger partial charge in [0.2, 0.25) is 5.91 Å². The number of benzene rings is 2. The van der Waals surface area contributed by atoms with Gasteiger partial charge in [0.1, 0.15) is 0 Å². The van der Waals surface area contributed by atoms with Gasteiger partial charge in [0.15, 0.2) is 0 Å². The lowest BCUT2D eigenvalue weighted by molar-refractivity contribution is -0.132.